The van der Waals surface area contributed by atoms with Gasteiger partial charge in [0.05, 0.1) is 28.8 Å². The van der Waals surface area contributed by atoms with E-state index >= 15 is 0 Å². The lowest BCUT2D eigenvalue weighted by Gasteiger charge is -2.63. The molecule has 3 saturated heterocycles. The van der Waals surface area contributed by atoms with Gasteiger partial charge in [0.15, 0.2) is 0 Å². The fourth-order valence-electron chi connectivity index (χ4n) is 11.0. The summed E-state index contributed by atoms with van der Waals surface area (Å²) in [6.07, 6.45) is 5.44. The molecule has 1 unspecified atom stereocenters. The highest BCUT2D eigenvalue weighted by Gasteiger charge is 2.64. The van der Waals surface area contributed by atoms with Gasteiger partial charge in [-0.1, -0.05) is 33.8 Å². The topological polar surface area (TPSA) is 162 Å². The van der Waals surface area contributed by atoms with Crippen molar-refractivity contribution in [2.24, 2.45) is 16.7 Å². The van der Waals surface area contributed by atoms with Crippen molar-refractivity contribution in [1.29, 1.82) is 0 Å². The molecule has 4 aromatic rings. The van der Waals surface area contributed by atoms with Crippen LogP contribution in [0.15, 0.2) is 67.0 Å². The number of nitrogens with zero attached hydrogens (tertiary/aromatic N) is 7. The molecule has 1 aliphatic carbocycles. The number of ether oxygens (including phenoxy) is 1. The molecule has 15 nitrogen and oxygen atoms in total. The predicted octanol–water partition coefficient (Wildman–Crippen LogP) is 5.62. The second-order valence-electron chi connectivity index (χ2n) is 18.9. The van der Waals surface area contributed by atoms with Gasteiger partial charge in [-0.05, 0) is 80.6 Å². The minimum atomic E-state index is -0.983. The number of piperazine rings is 1. The Hall–Kier alpha value is -6.40. The SMILES string of the molecule is [C-]#[N+]c1ccc(OC2C(C)(C)C(NC(=O)c3ccc(N4CCC(CN5CCN(c6ccc7c(c6)C(=O)N(C6CCC(=O)NC6=O)C7=O)C[C@H]5C)CC4)nc3)C2(C)C)c2cccnc12. The third-order valence-corrected chi connectivity index (χ3v) is 14.2. The van der Waals surface area contributed by atoms with Crippen LogP contribution in [0.1, 0.15) is 91.4 Å². The van der Waals surface area contributed by atoms with Gasteiger partial charge >= 0.3 is 0 Å². The molecular formula is C48H53N9O6. The molecule has 0 bridgehead atoms. The Balaban J connectivity index is 0.751. The van der Waals surface area contributed by atoms with Crippen LogP contribution in [0.5, 0.6) is 5.75 Å². The predicted molar refractivity (Wildman–Crippen MR) is 237 cm³/mol. The van der Waals surface area contributed by atoms with Crippen LogP contribution in [0.25, 0.3) is 15.7 Å². The summed E-state index contributed by atoms with van der Waals surface area (Å²) in [5, 5.41) is 6.34. The van der Waals surface area contributed by atoms with Crippen molar-refractivity contribution in [3.05, 3.63) is 95.1 Å². The summed E-state index contributed by atoms with van der Waals surface area (Å²) < 4.78 is 6.66. The summed E-state index contributed by atoms with van der Waals surface area (Å²) in [7, 11) is 0. The number of piperidine rings is 2. The van der Waals surface area contributed by atoms with E-state index < -0.39 is 29.7 Å². The number of fused-ring (bicyclic) bond motifs is 2. The van der Waals surface area contributed by atoms with Crippen molar-refractivity contribution in [1.82, 2.24) is 30.4 Å². The van der Waals surface area contributed by atoms with Gasteiger partial charge in [-0.3, -0.25) is 44.1 Å². The Bertz CT molecular complexity index is 2550. The van der Waals surface area contributed by atoms with Crippen LogP contribution in [-0.4, -0.2) is 113 Å². The maximum Gasteiger partial charge on any atom is 0.262 e. The third kappa shape index (κ3) is 7.43. The molecule has 1 saturated carbocycles. The van der Waals surface area contributed by atoms with Crippen molar-refractivity contribution in [3.8, 4) is 5.75 Å². The highest BCUT2D eigenvalue weighted by atomic mass is 16.5. The Kier molecular flexibility index (Phi) is 10.7. The lowest BCUT2D eigenvalue weighted by molar-refractivity contribution is -0.163. The van der Waals surface area contributed by atoms with Crippen LogP contribution >= 0.6 is 0 Å². The van der Waals surface area contributed by atoms with E-state index in [4.69, 9.17) is 16.3 Å². The second-order valence-corrected chi connectivity index (χ2v) is 18.9. The number of carbonyl (C=O) groups excluding carboxylic acids is 5. The summed E-state index contributed by atoms with van der Waals surface area (Å²) in [6.45, 7) is 23.4. The number of hydrogen-bond acceptors (Lipinski definition) is 11. The lowest BCUT2D eigenvalue weighted by Crippen LogP contribution is -2.74. The Morgan fingerprint density at radius 3 is 2.37 bits per heavy atom. The summed E-state index contributed by atoms with van der Waals surface area (Å²) in [4.78, 5) is 85.3. The molecule has 2 aromatic carbocycles. The number of benzene rings is 2. The maximum absolute atomic E-state index is 13.6. The standard InChI is InChI=1S/C48H53N9O6/c1-28-26-56(31-10-11-32-34(24-31)44(62)57(43(32)61)36-13-16-39(58)52-42(36)60)23-22-55(28)27-29-17-20-54(21-18-29)38-15-9-30(25-51-38)41(59)53-45-47(2,3)46(48(45,4)5)63-37-14-12-35(49-6)40-33(37)8-7-19-50-40/h7-12,14-15,19,24-25,28-29,36,45-46H,13,16-18,20-23,26-27H2,1-5H3,(H,53,59)(H,52,58,60)/t28-,36?,45?,46?/m1/s1. The molecular weight excluding hydrogens is 799 g/mol. The first kappa shape index (κ1) is 41.9. The number of pyridine rings is 2. The van der Waals surface area contributed by atoms with Crippen LogP contribution < -0.4 is 25.2 Å². The number of aromatic nitrogens is 2. The number of amides is 5. The quantitative estimate of drug-likeness (QED) is 0.159. The highest BCUT2D eigenvalue weighted by molar-refractivity contribution is 6.23. The zero-order valence-electron chi connectivity index (χ0n) is 36.4. The summed E-state index contributed by atoms with van der Waals surface area (Å²) >= 11 is 0. The molecule has 4 fully saturated rings. The van der Waals surface area contributed by atoms with E-state index in [9.17, 15) is 24.0 Å². The number of anilines is 2. The summed E-state index contributed by atoms with van der Waals surface area (Å²) in [6, 6.07) is 15.6. The number of rotatable bonds is 9. The van der Waals surface area contributed by atoms with Crippen LogP contribution in [0.2, 0.25) is 0 Å². The van der Waals surface area contributed by atoms with Crippen molar-refractivity contribution < 1.29 is 28.7 Å². The molecule has 5 amide bonds. The zero-order valence-corrected chi connectivity index (χ0v) is 36.4. The molecule has 0 spiro atoms. The Morgan fingerprint density at radius 1 is 0.905 bits per heavy atom. The highest BCUT2D eigenvalue weighted by Crippen LogP contribution is 2.56. The molecule has 15 heteroatoms. The van der Waals surface area contributed by atoms with Gasteiger partial charge in [0, 0.05) is 92.1 Å². The third-order valence-electron chi connectivity index (χ3n) is 14.2. The number of hydrogen-bond donors (Lipinski definition) is 2. The smallest absolute Gasteiger partial charge is 0.262 e. The fourth-order valence-corrected chi connectivity index (χ4v) is 11.0. The first-order valence-corrected chi connectivity index (χ1v) is 21.9. The average molecular weight is 852 g/mol. The number of imide groups is 2. The van der Waals surface area contributed by atoms with Crippen LogP contribution in [-0.2, 0) is 9.59 Å². The van der Waals surface area contributed by atoms with E-state index in [0.29, 0.717) is 34.0 Å². The van der Waals surface area contributed by atoms with Crippen molar-refractivity contribution in [2.75, 3.05) is 49.1 Å². The molecule has 6 heterocycles. The minimum Gasteiger partial charge on any atom is -0.489 e. The molecule has 4 aliphatic heterocycles. The van der Waals surface area contributed by atoms with Crippen molar-refractivity contribution in [3.63, 3.8) is 0 Å². The summed E-state index contributed by atoms with van der Waals surface area (Å²) in [5.74, 6) is -0.0798. The molecule has 2 aromatic heterocycles. The minimum absolute atomic E-state index is 0.0857. The van der Waals surface area contributed by atoms with Gasteiger partial charge in [0.1, 0.15) is 23.7 Å². The number of nitrogens with one attached hydrogen (secondary N) is 2. The van der Waals surface area contributed by atoms with Gasteiger partial charge in [0.25, 0.3) is 17.7 Å². The first-order chi connectivity index (χ1) is 30.1. The number of carbonyl (C=O) groups is 5. The van der Waals surface area contributed by atoms with Gasteiger partial charge in [-0.2, -0.15) is 0 Å². The van der Waals surface area contributed by atoms with Gasteiger partial charge in [0.2, 0.25) is 17.5 Å². The van der Waals surface area contributed by atoms with Crippen LogP contribution in [0.3, 0.4) is 0 Å². The zero-order chi connectivity index (χ0) is 44.4. The molecule has 326 valence electrons. The van der Waals surface area contributed by atoms with Crippen molar-refractivity contribution in [2.45, 2.75) is 84.5 Å². The second kappa shape index (κ2) is 16.1. The molecule has 2 atom stereocenters. The Labute approximate surface area is 367 Å². The van der Waals surface area contributed by atoms with Gasteiger partial charge in [-0.15, -0.1) is 0 Å². The van der Waals surface area contributed by atoms with E-state index in [2.05, 4.69) is 69.8 Å². The maximum atomic E-state index is 13.6. The van der Waals surface area contributed by atoms with E-state index in [0.717, 1.165) is 73.9 Å². The van der Waals surface area contributed by atoms with Gasteiger partial charge in [-0.25, -0.2) is 9.83 Å². The van der Waals surface area contributed by atoms with E-state index in [1.807, 2.05) is 36.4 Å². The summed E-state index contributed by atoms with van der Waals surface area (Å²) in [5.41, 5.74) is 2.31. The fraction of sp³-hybridized carbons (Fsp3) is 0.458. The first-order valence-electron chi connectivity index (χ1n) is 21.9. The lowest BCUT2D eigenvalue weighted by atomic mass is 9.49. The molecule has 0 radical (unpaired) electrons. The average Bonchev–Trinajstić information content (AvgIpc) is 3.52. The van der Waals surface area contributed by atoms with Crippen LogP contribution in [0.4, 0.5) is 17.2 Å². The molecule has 2 N–H and O–H groups in total. The van der Waals surface area contributed by atoms with E-state index in [1.54, 1.807) is 30.6 Å². The monoisotopic (exact) mass is 851 g/mol. The molecule has 5 aliphatic rings. The largest absolute Gasteiger partial charge is 0.489 e. The normalized spacial score (nSPS) is 24.7. The van der Waals surface area contributed by atoms with Crippen LogP contribution in [0, 0.1) is 23.3 Å². The Morgan fingerprint density at radius 2 is 1.67 bits per heavy atom. The van der Waals surface area contributed by atoms with E-state index in [1.165, 1.54) is 0 Å². The molecule has 63 heavy (non-hydrogen) atoms. The van der Waals surface area contributed by atoms with Gasteiger partial charge < -0.3 is 19.9 Å². The van der Waals surface area contributed by atoms with E-state index in [-0.39, 0.29) is 53.3 Å². The molecule has 9 rings (SSSR count). The van der Waals surface area contributed by atoms with Crippen molar-refractivity contribution >= 4 is 57.6 Å².